The zero-order valence-corrected chi connectivity index (χ0v) is 10.3. The topological polar surface area (TPSA) is 23.8 Å². The van der Waals surface area contributed by atoms with Crippen LogP contribution in [0, 0.1) is 18.3 Å². The van der Waals surface area contributed by atoms with Gasteiger partial charge >= 0.3 is 0 Å². The van der Waals surface area contributed by atoms with Crippen molar-refractivity contribution in [2.75, 3.05) is 0 Å². The third-order valence-corrected chi connectivity index (χ3v) is 2.78. The summed E-state index contributed by atoms with van der Waals surface area (Å²) in [6, 6.07) is 6.30. The van der Waals surface area contributed by atoms with Crippen LogP contribution < -0.4 is 0 Å². The van der Waals surface area contributed by atoms with Gasteiger partial charge < -0.3 is 0 Å². The highest BCUT2D eigenvalue weighted by atomic mass is 14.3. The van der Waals surface area contributed by atoms with Crippen molar-refractivity contribution in [2.24, 2.45) is 0 Å². The zero-order valence-electron chi connectivity index (χ0n) is 10.3. The predicted molar refractivity (Wildman–Crippen MR) is 64.1 cm³/mol. The first-order chi connectivity index (χ1) is 6.99. The molecule has 1 rings (SSSR count). The molecule has 1 heteroatoms. The van der Waals surface area contributed by atoms with E-state index in [1.165, 1.54) is 16.7 Å². The molecule has 0 atom stereocenters. The van der Waals surface area contributed by atoms with Gasteiger partial charge in [0.2, 0.25) is 0 Å². The number of rotatable bonds is 2. The van der Waals surface area contributed by atoms with Gasteiger partial charge in [-0.1, -0.05) is 33.8 Å². The van der Waals surface area contributed by atoms with E-state index in [0.717, 1.165) is 5.56 Å². The molecule has 0 heterocycles. The molecule has 0 saturated heterocycles. The van der Waals surface area contributed by atoms with Crippen LogP contribution >= 0.6 is 0 Å². The molecule has 0 saturated carbocycles. The maximum atomic E-state index is 9.11. The molecule has 0 aliphatic rings. The summed E-state index contributed by atoms with van der Waals surface area (Å²) in [5, 5.41) is 9.11. The summed E-state index contributed by atoms with van der Waals surface area (Å²) in [6.45, 7) is 10.8. The number of nitriles is 1. The van der Waals surface area contributed by atoms with Crippen molar-refractivity contribution in [1.82, 2.24) is 0 Å². The molecule has 1 aromatic carbocycles. The predicted octanol–water partition coefficient (Wildman–Crippen LogP) is 4.11. The van der Waals surface area contributed by atoms with Crippen molar-refractivity contribution in [3.8, 4) is 6.07 Å². The highest BCUT2D eigenvalue weighted by Gasteiger charge is 2.16. The second-order valence-electron chi connectivity index (χ2n) is 4.68. The Hall–Kier alpha value is -1.29. The maximum absolute atomic E-state index is 9.11. The first-order valence-electron chi connectivity index (χ1n) is 5.52. The standard InChI is InChI=1S/C14H19N/c1-9(2)13-11(5)6-7-12(8-15)14(13)10(3)4/h6-7,9-10H,1-5H3. The number of hydrogen-bond acceptors (Lipinski definition) is 1. The largest absolute Gasteiger partial charge is 0.192 e. The molecule has 0 radical (unpaired) electrons. The minimum atomic E-state index is 0.414. The van der Waals surface area contributed by atoms with Crippen LogP contribution in [0.2, 0.25) is 0 Å². The number of hydrogen-bond donors (Lipinski definition) is 0. The molecule has 0 aromatic heterocycles. The van der Waals surface area contributed by atoms with Crippen molar-refractivity contribution < 1.29 is 0 Å². The Morgan fingerprint density at radius 1 is 1.00 bits per heavy atom. The number of nitrogens with zero attached hydrogens (tertiary/aromatic N) is 1. The van der Waals surface area contributed by atoms with Crippen LogP contribution in [0.4, 0.5) is 0 Å². The molecule has 0 aliphatic carbocycles. The van der Waals surface area contributed by atoms with Crippen molar-refractivity contribution in [1.29, 1.82) is 5.26 Å². The van der Waals surface area contributed by atoms with Crippen LogP contribution in [0.3, 0.4) is 0 Å². The Bertz CT molecular complexity index is 395. The van der Waals surface area contributed by atoms with Crippen molar-refractivity contribution >= 4 is 0 Å². The fourth-order valence-electron chi connectivity index (χ4n) is 2.23. The summed E-state index contributed by atoms with van der Waals surface area (Å²) in [6.07, 6.45) is 0. The van der Waals surface area contributed by atoms with Crippen LogP contribution in [-0.4, -0.2) is 0 Å². The van der Waals surface area contributed by atoms with Gasteiger partial charge in [0.1, 0.15) is 0 Å². The van der Waals surface area contributed by atoms with Gasteiger partial charge in [0.05, 0.1) is 11.6 Å². The molecule has 0 amide bonds. The molecule has 0 N–H and O–H groups in total. The smallest absolute Gasteiger partial charge is 0.0994 e. The highest BCUT2D eigenvalue weighted by Crippen LogP contribution is 2.31. The Morgan fingerprint density at radius 3 is 1.93 bits per heavy atom. The summed E-state index contributed by atoms with van der Waals surface area (Å²) in [7, 11) is 0. The van der Waals surface area contributed by atoms with Crippen molar-refractivity contribution in [2.45, 2.75) is 46.5 Å². The second kappa shape index (κ2) is 4.49. The fourth-order valence-corrected chi connectivity index (χ4v) is 2.23. The Labute approximate surface area is 92.7 Å². The van der Waals surface area contributed by atoms with Gasteiger partial charge in [0, 0.05) is 0 Å². The van der Waals surface area contributed by atoms with E-state index in [9.17, 15) is 0 Å². The van der Waals surface area contributed by atoms with E-state index in [2.05, 4.69) is 46.8 Å². The first-order valence-corrected chi connectivity index (χ1v) is 5.52. The highest BCUT2D eigenvalue weighted by molar-refractivity contribution is 5.49. The van der Waals surface area contributed by atoms with E-state index in [-0.39, 0.29) is 0 Å². The minimum Gasteiger partial charge on any atom is -0.192 e. The molecule has 1 aromatic rings. The molecule has 0 unspecified atom stereocenters. The quantitative estimate of drug-likeness (QED) is 0.706. The summed E-state index contributed by atoms with van der Waals surface area (Å²) < 4.78 is 0. The zero-order chi connectivity index (χ0) is 11.6. The molecule has 0 fully saturated rings. The molecule has 0 bridgehead atoms. The maximum Gasteiger partial charge on any atom is 0.0994 e. The van der Waals surface area contributed by atoms with Gasteiger partial charge in [0.25, 0.3) is 0 Å². The Balaban J connectivity index is 3.53. The molecular weight excluding hydrogens is 182 g/mol. The van der Waals surface area contributed by atoms with Gasteiger partial charge in [-0.3, -0.25) is 0 Å². The first kappa shape index (κ1) is 11.8. The average Bonchev–Trinajstić information content (AvgIpc) is 2.16. The van der Waals surface area contributed by atoms with Gasteiger partial charge in [-0.25, -0.2) is 0 Å². The van der Waals surface area contributed by atoms with E-state index in [4.69, 9.17) is 5.26 Å². The third kappa shape index (κ3) is 2.21. The summed E-state index contributed by atoms with van der Waals surface area (Å²) in [5.41, 5.74) is 4.71. The van der Waals surface area contributed by atoms with Gasteiger partial charge in [-0.15, -0.1) is 0 Å². The monoisotopic (exact) mass is 201 g/mol. The molecule has 80 valence electrons. The molecular formula is C14H19N. The Morgan fingerprint density at radius 2 is 1.53 bits per heavy atom. The normalized spacial score (nSPS) is 10.8. The van der Waals surface area contributed by atoms with E-state index < -0.39 is 0 Å². The molecule has 0 spiro atoms. The fraction of sp³-hybridized carbons (Fsp3) is 0.500. The molecule has 15 heavy (non-hydrogen) atoms. The van der Waals surface area contributed by atoms with E-state index in [1.54, 1.807) is 0 Å². The van der Waals surface area contributed by atoms with Gasteiger partial charge in [0.15, 0.2) is 0 Å². The number of aryl methyl sites for hydroxylation is 1. The summed E-state index contributed by atoms with van der Waals surface area (Å²) in [4.78, 5) is 0. The van der Waals surface area contributed by atoms with Crippen LogP contribution in [0.25, 0.3) is 0 Å². The number of benzene rings is 1. The van der Waals surface area contributed by atoms with E-state index >= 15 is 0 Å². The summed E-state index contributed by atoms with van der Waals surface area (Å²) >= 11 is 0. The lowest BCUT2D eigenvalue weighted by molar-refractivity contribution is 0.780. The van der Waals surface area contributed by atoms with Crippen LogP contribution in [0.15, 0.2) is 12.1 Å². The van der Waals surface area contributed by atoms with Crippen LogP contribution in [0.1, 0.15) is 61.8 Å². The van der Waals surface area contributed by atoms with Crippen LogP contribution in [-0.2, 0) is 0 Å². The van der Waals surface area contributed by atoms with E-state index in [0.29, 0.717) is 11.8 Å². The molecule has 0 aliphatic heterocycles. The van der Waals surface area contributed by atoms with Gasteiger partial charge in [-0.2, -0.15) is 5.26 Å². The SMILES string of the molecule is Cc1ccc(C#N)c(C(C)C)c1C(C)C. The van der Waals surface area contributed by atoms with Gasteiger partial charge in [-0.05, 0) is 41.5 Å². The van der Waals surface area contributed by atoms with Crippen LogP contribution in [0.5, 0.6) is 0 Å². The minimum absolute atomic E-state index is 0.414. The van der Waals surface area contributed by atoms with Crippen molar-refractivity contribution in [3.63, 3.8) is 0 Å². The Kier molecular flexibility index (Phi) is 3.52. The lowest BCUT2D eigenvalue weighted by Gasteiger charge is -2.19. The van der Waals surface area contributed by atoms with E-state index in [1.807, 2.05) is 6.07 Å². The lowest BCUT2D eigenvalue weighted by Crippen LogP contribution is -2.04. The average molecular weight is 201 g/mol. The lowest BCUT2D eigenvalue weighted by atomic mass is 9.84. The summed E-state index contributed by atoms with van der Waals surface area (Å²) in [5.74, 6) is 0.896. The second-order valence-corrected chi connectivity index (χ2v) is 4.68. The third-order valence-electron chi connectivity index (χ3n) is 2.78. The molecule has 1 nitrogen and oxygen atoms in total. The van der Waals surface area contributed by atoms with Crippen molar-refractivity contribution in [3.05, 3.63) is 34.4 Å².